The first-order chi connectivity index (χ1) is 12.1. The van der Waals surface area contributed by atoms with Gasteiger partial charge in [-0.2, -0.15) is 0 Å². The second-order valence-electron chi connectivity index (χ2n) is 6.58. The van der Waals surface area contributed by atoms with Crippen LogP contribution >= 0.6 is 0 Å². The Bertz CT molecular complexity index is 344. The van der Waals surface area contributed by atoms with Gasteiger partial charge < -0.3 is 20.4 Å². The predicted octanol–water partition coefficient (Wildman–Crippen LogP) is 2.14. The van der Waals surface area contributed by atoms with E-state index in [0.717, 1.165) is 12.8 Å². The molecule has 0 fully saturated rings. The molecule has 0 aromatic heterocycles. The summed E-state index contributed by atoms with van der Waals surface area (Å²) in [5.41, 5.74) is 0. The second kappa shape index (κ2) is 21.2. The SMILES string of the molecule is CCCCCCCCCCCC(=O)N(CCO)CCNCCC(=O)O.[NaH]. The number of rotatable bonds is 18. The van der Waals surface area contributed by atoms with E-state index >= 15 is 0 Å². The van der Waals surface area contributed by atoms with Gasteiger partial charge in [-0.05, 0) is 6.42 Å². The summed E-state index contributed by atoms with van der Waals surface area (Å²) in [5, 5.41) is 20.7. The molecule has 0 unspecified atom stereocenters. The molecule has 6 nitrogen and oxygen atoms in total. The van der Waals surface area contributed by atoms with Crippen molar-refractivity contribution in [3.63, 3.8) is 0 Å². The normalized spacial score (nSPS) is 10.4. The first-order valence-corrected chi connectivity index (χ1v) is 9.93. The van der Waals surface area contributed by atoms with Crippen LogP contribution in [0.3, 0.4) is 0 Å². The number of hydrogen-bond donors (Lipinski definition) is 3. The van der Waals surface area contributed by atoms with Gasteiger partial charge in [0.2, 0.25) is 5.91 Å². The van der Waals surface area contributed by atoms with Crippen molar-refractivity contribution >= 4 is 41.4 Å². The molecule has 0 bridgehead atoms. The van der Waals surface area contributed by atoms with E-state index in [1.807, 2.05) is 0 Å². The fourth-order valence-corrected chi connectivity index (χ4v) is 2.76. The van der Waals surface area contributed by atoms with Crippen LogP contribution in [0.5, 0.6) is 0 Å². The van der Waals surface area contributed by atoms with E-state index < -0.39 is 5.97 Å². The number of aliphatic hydroxyl groups excluding tert-OH is 1. The molecular formula is C19H39N2NaO4. The fourth-order valence-electron chi connectivity index (χ4n) is 2.76. The molecule has 3 N–H and O–H groups in total. The van der Waals surface area contributed by atoms with Crippen molar-refractivity contribution in [3.05, 3.63) is 0 Å². The maximum absolute atomic E-state index is 12.2. The number of nitrogens with zero attached hydrogens (tertiary/aromatic N) is 1. The molecule has 0 rings (SSSR count). The third kappa shape index (κ3) is 18.6. The number of carbonyl (C=O) groups excluding carboxylic acids is 1. The molecule has 1 amide bonds. The van der Waals surface area contributed by atoms with Crippen molar-refractivity contribution in [1.29, 1.82) is 0 Å². The molecule has 0 heterocycles. The van der Waals surface area contributed by atoms with Crippen molar-refractivity contribution in [3.8, 4) is 0 Å². The van der Waals surface area contributed by atoms with Crippen molar-refractivity contribution < 1.29 is 19.8 Å². The van der Waals surface area contributed by atoms with Gasteiger partial charge >= 0.3 is 35.5 Å². The van der Waals surface area contributed by atoms with Crippen LogP contribution in [0.4, 0.5) is 0 Å². The van der Waals surface area contributed by atoms with Crippen LogP contribution in [0.2, 0.25) is 0 Å². The Morgan fingerprint density at radius 3 is 1.96 bits per heavy atom. The van der Waals surface area contributed by atoms with E-state index in [2.05, 4.69) is 12.2 Å². The Balaban J connectivity index is 0. The van der Waals surface area contributed by atoms with Gasteiger partial charge in [-0.3, -0.25) is 9.59 Å². The molecule has 26 heavy (non-hydrogen) atoms. The van der Waals surface area contributed by atoms with Gasteiger partial charge in [-0.15, -0.1) is 0 Å². The zero-order valence-electron chi connectivity index (χ0n) is 16.0. The summed E-state index contributed by atoms with van der Waals surface area (Å²) >= 11 is 0. The molecule has 0 spiro atoms. The van der Waals surface area contributed by atoms with Gasteiger partial charge in [0.1, 0.15) is 0 Å². The Morgan fingerprint density at radius 1 is 0.846 bits per heavy atom. The van der Waals surface area contributed by atoms with E-state index in [-0.39, 0.29) is 48.5 Å². The minimum absolute atomic E-state index is 0. The van der Waals surface area contributed by atoms with Crippen LogP contribution < -0.4 is 5.32 Å². The Hall–Kier alpha value is -0.140. The summed E-state index contributed by atoms with van der Waals surface area (Å²) in [6, 6.07) is 0. The van der Waals surface area contributed by atoms with Gasteiger partial charge in [0, 0.05) is 32.6 Å². The predicted molar refractivity (Wildman–Crippen MR) is 108 cm³/mol. The van der Waals surface area contributed by atoms with Crippen LogP contribution in [-0.2, 0) is 9.59 Å². The summed E-state index contributed by atoms with van der Waals surface area (Å²) < 4.78 is 0. The fraction of sp³-hybridized carbons (Fsp3) is 0.895. The third-order valence-electron chi connectivity index (χ3n) is 4.29. The molecule has 0 aliphatic rings. The molecule has 0 saturated carbocycles. The maximum atomic E-state index is 12.2. The molecule has 0 aliphatic heterocycles. The number of amides is 1. The van der Waals surface area contributed by atoms with Crippen LogP contribution in [0.25, 0.3) is 0 Å². The zero-order valence-corrected chi connectivity index (χ0v) is 16.0. The van der Waals surface area contributed by atoms with E-state index in [9.17, 15) is 9.59 Å². The number of nitrogens with one attached hydrogen (secondary N) is 1. The van der Waals surface area contributed by atoms with E-state index in [4.69, 9.17) is 10.2 Å². The molecule has 0 aliphatic carbocycles. The van der Waals surface area contributed by atoms with Crippen LogP contribution in [0.1, 0.15) is 77.6 Å². The number of aliphatic hydroxyl groups is 1. The Labute approximate surface area is 181 Å². The summed E-state index contributed by atoms with van der Waals surface area (Å²) in [7, 11) is 0. The quantitative estimate of drug-likeness (QED) is 0.250. The molecule has 0 aromatic carbocycles. The summed E-state index contributed by atoms with van der Waals surface area (Å²) in [6.07, 6.45) is 11.6. The number of carboxylic acids is 1. The third-order valence-corrected chi connectivity index (χ3v) is 4.29. The molecule has 0 radical (unpaired) electrons. The molecule has 0 atom stereocenters. The average molecular weight is 383 g/mol. The van der Waals surface area contributed by atoms with Crippen LogP contribution in [0, 0.1) is 0 Å². The van der Waals surface area contributed by atoms with E-state index in [0.29, 0.717) is 32.6 Å². The first kappa shape index (κ1) is 28.1. The molecule has 150 valence electrons. The zero-order chi connectivity index (χ0) is 18.8. The summed E-state index contributed by atoms with van der Waals surface area (Å²) in [6.45, 7) is 3.99. The number of unbranched alkanes of at least 4 members (excludes halogenated alkanes) is 8. The Kier molecular flexibility index (Phi) is 22.9. The van der Waals surface area contributed by atoms with Gasteiger partial charge in [0.15, 0.2) is 0 Å². The number of carbonyl (C=O) groups is 2. The van der Waals surface area contributed by atoms with Crippen LogP contribution in [0.15, 0.2) is 0 Å². The molecule has 7 heteroatoms. The van der Waals surface area contributed by atoms with Gasteiger partial charge in [0.05, 0.1) is 13.0 Å². The molecule has 0 aromatic rings. The topological polar surface area (TPSA) is 89.9 Å². The summed E-state index contributed by atoms with van der Waals surface area (Å²) in [4.78, 5) is 24.3. The van der Waals surface area contributed by atoms with Gasteiger partial charge in [-0.25, -0.2) is 0 Å². The van der Waals surface area contributed by atoms with Crippen molar-refractivity contribution in [2.24, 2.45) is 0 Å². The first-order valence-electron chi connectivity index (χ1n) is 9.93. The van der Waals surface area contributed by atoms with Crippen LogP contribution in [-0.4, -0.2) is 89.3 Å². The number of carboxylic acid groups (broad SMARTS) is 1. The standard InChI is InChI=1S/C19H38N2O4.Na.H/c1-2-3-4-5-6-7-8-9-10-11-18(23)21(16-17-22)15-14-20-13-12-19(24)25;;/h20,22H,2-17H2,1H3,(H,24,25);;. The second-order valence-corrected chi connectivity index (χ2v) is 6.58. The van der Waals surface area contributed by atoms with E-state index in [1.165, 1.54) is 44.9 Å². The minimum atomic E-state index is -0.832. The van der Waals surface area contributed by atoms with E-state index in [1.54, 1.807) is 4.90 Å². The molecular weight excluding hydrogens is 343 g/mol. The molecule has 0 saturated heterocycles. The Morgan fingerprint density at radius 2 is 1.42 bits per heavy atom. The van der Waals surface area contributed by atoms with Crippen molar-refractivity contribution in [2.75, 3.05) is 32.8 Å². The van der Waals surface area contributed by atoms with Gasteiger partial charge in [0.25, 0.3) is 0 Å². The monoisotopic (exact) mass is 382 g/mol. The number of hydrogen-bond acceptors (Lipinski definition) is 4. The average Bonchev–Trinajstić information content (AvgIpc) is 2.58. The van der Waals surface area contributed by atoms with Gasteiger partial charge in [-0.1, -0.05) is 58.3 Å². The van der Waals surface area contributed by atoms with Crippen molar-refractivity contribution in [2.45, 2.75) is 77.6 Å². The summed E-state index contributed by atoms with van der Waals surface area (Å²) in [5.74, 6) is -0.752. The number of aliphatic carboxylic acids is 1. The van der Waals surface area contributed by atoms with Crippen molar-refractivity contribution in [1.82, 2.24) is 10.2 Å².